The molecule has 0 saturated heterocycles. The molecule has 1 aliphatic rings. The summed E-state index contributed by atoms with van der Waals surface area (Å²) in [6.45, 7) is -0.455. The van der Waals surface area contributed by atoms with Gasteiger partial charge >= 0.3 is 17.9 Å². The van der Waals surface area contributed by atoms with Gasteiger partial charge in [0.1, 0.15) is 6.54 Å². The fraction of sp³-hybridized carbons (Fsp3) is 0.375. The van der Waals surface area contributed by atoms with Crippen LogP contribution in [0.5, 0.6) is 0 Å². The Morgan fingerprint density at radius 1 is 1.62 bits per heavy atom. The second-order valence-corrected chi connectivity index (χ2v) is 2.95. The van der Waals surface area contributed by atoms with E-state index in [0.717, 1.165) is 24.3 Å². The van der Waals surface area contributed by atoms with Crippen molar-refractivity contribution in [1.29, 1.82) is 0 Å². The van der Waals surface area contributed by atoms with Crippen molar-refractivity contribution in [3.63, 3.8) is 0 Å². The van der Waals surface area contributed by atoms with Crippen molar-refractivity contribution in [3.8, 4) is 0 Å². The van der Waals surface area contributed by atoms with Gasteiger partial charge in [0.25, 0.3) is 0 Å². The molecule has 8 nitrogen and oxygen atoms in total. The summed E-state index contributed by atoms with van der Waals surface area (Å²) < 4.78 is 4.30. The molecule has 0 spiro atoms. The smallest absolute Gasteiger partial charge is 0.351 e. The maximum absolute atomic E-state index is 11.4. The quantitative estimate of drug-likeness (QED) is 0.258. The average molecular weight is 228 g/mol. The third kappa shape index (κ3) is 2.22. The fourth-order valence-electron chi connectivity index (χ4n) is 1.14. The van der Waals surface area contributed by atoms with Crippen molar-refractivity contribution in [2.45, 2.75) is 6.04 Å². The zero-order valence-corrected chi connectivity index (χ0v) is 8.28. The number of amides is 1. The number of nitro groups is 1. The Morgan fingerprint density at radius 2 is 2.25 bits per heavy atom. The van der Waals surface area contributed by atoms with Crippen molar-refractivity contribution in [2.75, 3.05) is 13.7 Å². The number of rotatable bonds is 3. The summed E-state index contributed by atoms with van der Waals surface area (Å²) >= 11 is 0. The number of ether oxygens (including phenoxy) is 1. The molecule has 1 rings (SSSR count). The molecule has 0 aromatic rings. The fourth-order valence-corrected chi connectivity index (χ4v) is 1.14. The summed E-state index contributed by atoms with van der Waals surface area (Å²) in [6.07, 6.45) is 1.92. The van der Waals surface area contributed by atoms with Crippen molar-refractivity contribution < 1.29 is 24.0 Å². The molecule has 8 heteroatoms. The lowest BCUT2D eigenvalue weighted by Crippen LogP contribution is -2.49. The number of carbonyl (C=O) groups excluding carboxylic acids is 3. The summed E-state index contributed by atoms with van der Waals surface area (Å²) in [7, 11) is 1.12. The zero-order chi connectivity index (χ0) is 12.3. The first-order valence-corrected chi connectivity index (χ1v) is 4.20. The van der Waals surface area contributed by atoms with E-state index in [1.54, 1.807) is 0 Å². The van der Waals surface area contributed by atoms with Gasteiger partial charge in [-0.1, -0.05) is 0 Å². The number of carbonyl (C=O) groups is 3. The van der Waals surface area contributed by atoms with Crippen LogP contribution in [0.2, 0.25) is 0 Å². The predicted molar refractivity (Wildman–Crippen MR) is 48.7 cm³/mol. The molecule has 0 aliphatic carbocycles. The van der Waals surface area contributed by atoms with E-state index in [0.29, 0.717) is 0 Å². The van der Waals surface area contributed by atoms with E-state index < -0.39 is 35.2 Å². The molecule has 0 aromatic heterocycles. The second kappa shape index (κ2) is 4.51. The topological polar surface area (TPSA) is 107 Å². The molecule has 1 amide bonds. The summed E-state index contributed by atoms with van der Waals surface area (Å²) in [4.78, 5) is 43.6. The largest absolute Gasteiger partial charge is 0.468 e. The van der Waals surface area contributed by atoms with Gasteiger partial charge < -0.3 is 9.64 Å². The standard InChI is InChI=1S/C8H8N2O6/c1-16-6(12)4-9-3-2-5(11)7(8(9)13)10(14)15/h2-3,7H,4H2,1H3. The lowest BCUT2D eigenvalue weighted by Gasteiger charge is -2.20. The summed E-state index contributed by atoms with van der Waals surface area (Å²) in [5, 5.41) is 10.5. The zero-order valence-electron chi connectivity index (χ0n) is 8.28. The van der Waals surface area contributed by atoms with Crippen LogP contribution in [0.1, 0.15) is 0 Å². The Kier molecular flexibility index (Phi) is 3.33. The van der Waals surface area contributed by atoms with E-state index in [1.165, 1.54) is 0 Å². The highest BCUT2D eigenvalue weighted by Gasteiger charge is 2.42. The first-order chi connectivity index (χ1) is 7.47. The molecule has 0 fully saturated rings. The van der Waals surface area contributed by atoms with Gasteiger partial charge in [0.15, 0.2) is 0 Å². The van der Waals surface area contributed by atoms with Crippen LogP contribution in [0.15, 0.2) is 12.3 Å². The van der Waals surface area contributed by atoms with E-state index in [2.05, 4.69) is 4.74 Å². The maximum atomic E-state index is 11.4. The van der Waals surface area contributed by atoms with Crippen LogP contribution < -0.4 is 0 Å². The maximum Gasteiger partial charge on any atom is 0.351 e. The Labute approximate surface area is 89.6 Å². The predicted octanol–water partition coefficient (Wildman–Crippen LogP) is -1.27. The molecule has 1 unspecified atom stereocenters. The molecule has 86 valence electrons. The van der Waals surface area contributed by atoms with Gasteiger partial charge in [-0.3, -0.25) is 24.5 Å². The van der Waals surface area contributed by atoms with Gasteiger partial charge in [0, 0.05) is 17.2 Å². The minimum absolute atomic E-state index is 0.455. The van der Waals surface area contributed by atoms with Crippen LogP contribution in [-0.2, 0) is 19.1 Å². The second-order valence-electron chi connectivity index (χ2n) is 2.95. The van der Waals surface area contributed by atoms with E-state index >= 15 is 0 Å². The van der Waals surface area contributed by atoms with Crippen molar-refractivity contribution >= 4 is 17.7 Å². The lowest BCUT2D eigenvalue weighted by atomic mass is 10.1. The molecule has 1 aliphatic heterocycles. The molecular weight excluding hydrogens is 220 g/mol. The molecular formula is C8H8N2O6. The normalized spacial score (nSPS) is 19.8. The van der Waals surface area contributed by atoms with Gasteiger partial charge in [-0.05, 0) is 0 Å². The van der Waals surface area contributed by atoms with Crippen LogP contribution in [0, 0.1) is 10.1 Å². The third-order valence-corrected chi connectivity index (χ3v) is 1.94. The monoisotopic (exact) mass is 228 g/mol. The minimum Gasteiger partial charge on any atom is -0.468 e. The van der Waals surface area contributed by atoms with Crippen molar-refractivity contribution in [3.05, 3.63) is 22.4 Å². The molecule has 0 N–H and O–H groups in total. The molecule has 1 heterocycles. The highest BCUT2D eigenvalue weighted by atomic mass is 16.6. The Hall–Kier alpha value is -2.25. The van der Waals surface area contributed by atoms with Crippen LogP contribution in [0.25, 0.3) is 0 Å². The molecule has 0 aromatic carbocycles. The molecule has 0 radical (unpaired) electrons. The first kappa shape index (κ1) is 11.8. The highest BCUT2D eigenvalue weighted by Crippen LogP contribution is 2.08. The van der Waals surface area contributed by atoms with Crippen LogP contribution in [-0.4, -0.2) is 47.2 Å². The van der Waals surface area contributed by atoms with Gasteiger partial charge in [-0.25, -0.2) is 0 Å². The Balaban J connectivity index is 2.87. The summed E-state index contributed by atoms with van der Waals surface area (Å²) in [5.41, 5.74) is 0. The van der Waals surface area contributed by atoms with Crippen molar-refractivity contribution in [1.82, 2.24) is 4.90 Å². The number of ketones is 1. The van der Waals surface area contributed by atoms with E-state index in [1.807, 2.05) is 0 Å². The van der Waals surface area contributed by atoms with Gasteiger partial charge in [0.2, 0.25) is 5.78 Å². The number of hydrogen-bond donors (Lipinski definition) is 0. The van der Waals surface area contributed by atoms with Crippen LogP contribution in [0.3, 0.4) is 0 Å². The summed E-state index contributed by atoms with van der Waals surface area (Å²) in [5.74, 6) is -2.67. The molecule has 0 bridgehead atoms. The van der Waals surface area contributed by atoms with E-state index in [-0.39, 0.29) is 0 Å². The van der Waals surface area contributed by atoms with Gasteiger partial charge in [-0.15, -0.1) is 0 Å². The molecule has 16 heavy (non-hydrogen) atoms. The minimum atomic E-state index is -1.96. The molecule has 1 atom stereocenters. The van der Waals surface area contributed by atoms with E-state index in [4.69, 9.17) is 0 Å². The number of hydrogen-bond acceptors (Lipinski definition) is 6. The Morgan fingerprint density at radius 3 is 2.75 bits per heavy atom. The highest BCUT2D eigenvalue weighted by molar-refractivity contribution is 6.12. The summed E-state index contributed by atoms with van der Waals surface area (Å²) in [6, 6.07) is -1.96. The average Bonchev–Trinajstić information content (AvgIpc) is 2.21. The van der Waals surface area contributed by atoms with Gasteiger partial charge in [0.05, 0.1) is 7.11 Å². The van der Waals surface area contributed by atoms with Crippen LogP contribution in [0.4, 0.5) is 0 Å². The Bertz CT molecular complexity index is 388. The third-order valence-electron chi connectivity index (χ3n) is 1.94. The molecule has 0 saturated carbocycles. The van der Waals surface area contributed by atoms with Gasteiger partial charge in [-0.2, -0.15) is 0 Å². The number of nitrogens with zero attached hydrogens (tertiary/aromatic N) is 2. The SMILES string of the molecule is COC(=O)CN1C=CC(=O)C([N+](=O)[O-])C1=O. The van der Waals surface area contributed by atoms with Crippen molar-refractivity contribution in [2.24, 2.45) is 0 Å². The van der Waals surface area contributed by atoms with E-state index in [9.17, 15) is 24.5 Å². The lowest BCUT2D eigenvalue weighted by molar-refractivity contribution is -0.494. The number of esters is 1. The first-order valence-electron chi connectivity index (χ1n) is 4.20. The number of methoxy groups -OCH3 is 1. The van der Waals surface area contributed by atoms with Crippen LogP contribution >= 0.6 is 0 Å².